The summed E-state index contributed by atoms with van der Waals surface area (Å²) >= 11 is 0. The van der Waals surface area contributed by atoms with Gasteiger partial charge in [0.2, 0.25) is 0 Å². The number of hydrogen-bond donors (Lipinski definition) is 0. The fraction of sp³-hybridized carbons (Fsp3) is 0.333. The van der Waals surface area contributed by atoms with Crippen LogP contribution in [0.25, 0.3) is 0 Å². The van der Waals surface area contributed by atoms with Crippen LogP contribution in [0.2, 0.25) is 0 Å². The van der Waals surface area contributed by atoms with Gasteiger partial charge in [-0.05, 0) is 6.92 Å². The van der Waals surface area contributed by atoms with Crippen LogP contribution in [0.3, 0.4) is 0 Å². The Kier molecular flexibility index (Phi) is 8.92. The molecule has 0 aliphatic carbocycles. The van der Waals surface area contributed by atoms with Crippen LogP contribution in [0.4, 0.5) is 4.79 Å². The van der Waals surface area contributed by atoms with Gasteiger partial charge in [0.25, 0.3) is 0 Å². The molecule has 0 N–H and O–H groups in total. The Hall–Kier alpha value is -0.580. The molecule has 0 aromatic heterocycles. The van der Waals surface area contributed by atoms with E-state index in [1.54, 1.807) is 6.92 Å². The van der Waals surface area contributed by atoms with Gasteiger partial charge < -0.3 is 9.47 Å². The van der Waals surface area contributed by atoms with E-state index in [9.17, 15) is 9.59 Å². The first-order valence-electron chi connectivity index (χ1n) is 2.71. The van der Waals surface area contributed by atoms with Crippen molar-refractivity contribution in [3.63, 3.8) is 0 Å². The SMILES string of the molecule is C=CC(=O)OC(=O)OCC.[Ag+]. The van der Waals surface area contributed by atoms with Crippen molar-refractivity contribution in [2.45, 2.75) is 6.92 Å². The Labute approximate surface area is 80.1 Å². The number of ether oxygens (including phenoxy) is 2. The Morgan fingerprint density at radius 1 is 1.55 bits per heavy atom. The molecule has 0 rings (SSSR count). The molecule has 0 aliphatic heterocycles. The third-order valence-electron chi connectivity index (χ3n) is 0.613. The Balaban J connectivity index is 0. The smallest absolute Gasteiger partial charge is 0.434 e. The van der Waals surface area contributed by atoms with E-state index >= 15 is 0 Å². The van der Waals surface area contributed by atoms with Gasteiger partial charge in [0, 0.05) is 6.08 Å². The first kappa shape index (κ1) is 13.0. The van der Waals surface area contributed by atoms with Gasteiger partial charge in [-0.2, -0.15) is 0 Å². The maximum atomic E-state index is 10.3. The van der Waals surface area contributed by atoms with Gasteiger partial charge in [0.05, 0.1) is 6.61 Å². The van der Waals surface area contributed by atoms with E-state index in [1.165, 1.54) is 0 Å². The summed E-state index contributed by atoms with van der Waals surface area (Å²) in [6.07, 6.45) is -0.107. The minimum atomic E-state index is -0.993. The number of hydrogen-bond acceptors (Lipinski definition) is 4. The van der Waals surface area contributed by atoms with E-state index in [2.05, 4.69) is 16.1 Å². The molecule has 66 valence electrons. The summed E-state index contributed by atoms with van der Waals surface area (Å²) in [4.78, 5) is 20.6. The normalized spacial score (nSPS) is 7.36. The predicted octanol–water partition coefficient (Wildman–Crippen LogP) is 0.870. The number of carbonyl (C=O) groups is 2. The average Bonchev–Trinajstić information content (AvgIpc) is 1.88. The van der Waals surface area contributed by atoms with Crippen molar-refractivity contribution in [3.8, 4) is 0 Å². The first-order chi connectivity index (χ1) is 4.70. The van der Waals surface area contributed by atoms with Crippen molar-refractivity contribution in [1.82, 2.24) is 0 Å². The van der Waals surface area contributed by atoms with E-state index in [1.807, 2.05) is 0 Å². The second kappa shape index (κ2) is 7.53. The molecule has 0 aliphatic rings. The summed E-state index contributed by atoms with van der Waals surface area (Å²) in [5, 5.41) is 0. The molecule has 0 spiro atoms. The van der Waals surface area contributed by atoms with E-state index < -0.39 is 12.1 Å². The molecular formula is C6H8AgO4+. The quantitative estimate of drug-likeness (QED) is 0.316. The van der Waals surface area contributed by atoms with E-state index in [4.69, 9.17) is 0 Å². The zero-order valence-corrected chi connectivity index (χ0v) is 7.41. The van der Waals surface area contributed by atoms with E-state index in [-0.39, 0.29) is 29.0 Å². The molecule has 0 saturated heterocycles. The topological polar surface area (TPSA) is 52.6 Å². The maximum Gasteiger partial charge on any atom is 1.00 e. The standard InChI is InChI=1S/C6H8O4.Ag/c1-3-5(7)10-6(8)9-4-2;/h3H,1,4H2,2H3;/q;+1. The third kappa shape index (κ3) is 7.32. The van der Waals surface area contributed by atoms with Crippen LogP contribution in [0, 0.1) is 0 Å². The van der Waals surface area contributed by atoms with Gasteiger partial charge in [-0.1, -0.05) is 6.58 Å². The number of carbonyl (C=O) groups excluding carboxylic acids is 2. The summed E-state index contributed by atoms with van der Waals surface area (Å²) in [5.41, 5.74) is 0. The largest absolute Gasteiger partial charge is 1.00 e. The summed E-state index contributed by atoms with van der Waals surface area (Å²) in [6.45, 7) is 4.89. The van der Waals surface area contributed by atoms with Crippen LogP contribution >= 0.6 is 0 Å². The number of rotatable bonds is 2. The Morgan fingerprint density at radius 2 is 2.09 bits per heavy atom. The van der Waals surface area contributed by atoms with Crippen molar-refractivity contribution in [3.05, 3.63) is 12.7 Å². The molecule has 0 fully saturated rings. The van der Waals surface area contributed by atoms with Gasteiger partial charge in [-0.3, -0.25) is 0 Å². The third-order valence-corrected chi connectivity index (χ3v) is 0.613. The van der Waals surface area contributed by atoms with Crippen molar-refractivity contribution in [1.29, 1.82) is 0 Å². The Morgan fingerprint density at radius 3 is 2.45 bits per heavy atom. The number of esters is 1. The molecule has 0 aromatic carbocycles. The van der Waals surface area contributed by atoms with Crippen LogP contribution in [0.15, 0.2) is 12.7 Å². The second-order valence-corrected chi connectivity index (χ2v) is 1.31. The zero-order chi connectivity index (χ0) is 7.98. The fourth-order valence-electron chi connectivity index (χ4n) is 0.271. The fourth-order valence-corrected chi connectivity index (χ4v) is 0.271. The predicted molar refractivity (Wildman–Crippen MR) is 33.3 cm³/mol. The molecule has 0 amide bonds. The van der Waals surface area contributed by atoms with Crippen molar-refractivity contribution < 1.29 is 41.4 Å². The maximum absolute atomic E-state index is 10.3. The van der Waals surface area contributed by atoms with Crippen molar-refractivity contribution in [2.24, 2.45) is 0 Å². The van der Waals surface area contributed by atoms with Gasteiger partial charge >= 0.3 is 34.5 Å². The summed E-state index contributed by atoms with van der Waals surface area (Å²) < 4.78 is 8.31. The molecule has 11 heavy (non-hydrogen) atoms. The van der Waals surface area contributed by atoms with Crippen molar-refractivity contribution in [2.75, 3.05) is 6.61 Å². The van der Waals surface area contributed by atoms with Crippen LogP contribution in [-0.2, 0) is 36.6 Å². The van der Waals surface area contributed by atoms with E-state index in [0.717, 1.165) is 6.08 Å². The average molecular weight is 252 g/mol. The molecular weight excluding hydrogens is 244 g/mol. The molecule has 0 heterocycles. The van der Waals surface area contributed by atoms with Crippen LogP contribution in [-0.4, -0.2) is 18.7 Å². The molecule has 5 heteroatoms. The van der Waals surface area contributed by atoms with Crippen LogP contribution < -0.4 is 0 Å². The van der Waals surface area contributed by atoms with Gasteiger partial charge in [-0.25, -0.2) is 9.59 Å². The van der Waals surface area contributed by atoms with Gasteiger partial charge in [0.1, 0.15) is 0 Å². The summed E-state index contributed by atoms with van der Waals surface area (Å²) in [5.74, 6) is -0.807. The summed E-state index contributed by atoms with van der Waals surface area (Å²) in [7, 11) is 0. The monoisotopic (exact) mass is 251 g/mol. The minimum absolute atomic E-state index is 0. The minimum Gasteiger partial charge on any atom is -0.434 e. The first-order valence-corrected chi connectivity index (χ1v) is 2.71. The van der Waals surface area contributed by atoms with Crippen molar-refractivity contribution >= 4 is 12.1 Å². The second-order valence-electron chi connectivity index (χ2n) is 1.31. The van der Waals surface area contributed by atoms with Gasteiger partial charge in [-0.15, -0.1) is 0 Å². The molecule has 0 radical (unpaired) electrons. The molecule has 0 saturated carbocycles. The van der Waals surface area contributed by atoms with Gasteiger partial charge in [0.15, 0.2) is 0 Å². The molecule has 0 aromatic rings. The van der Waals surface area contributed by atoms with Crippen LogP contribution in [0.1, 0.15) is 6.92 Å². The van der Waals surface area contributed by atoms with E-state index in [0.29, 0.717) is 0 Å². The molecule has 0 atom stereocenters. The molecule has 0 bridgehead atoms. The van der Waals surface area contributed by atoms with Crippen LogP contribution in [0.5, 0.6) is 0 Å². The zero-order valence-electron chi connectivity index (χ0n) is 5.93. The Bertz CT molecular complexity index is 155. The summed E-state index contributed by atoms with van der Waals surface area (Å²) in [6, 6.07) is 0. The molecule has 0 unspecified atom stereocenters. The molecule has 4 nitrogen and oxygen atoms in total.